The van der Waals surface area contributed by atoms with Crippen LogP contribution in [0.5, 0.6) is 0 Å². The molecule has 0 fully saturated rings. The highest BCUT2D eigenvalue weighted by atomic mass is 79.9. The Morgan fingerprint density at radius 2 is 2.46 bits per heavy atom. The van der Waals surface area contributed by atoms with E-state index in [9.17, 15) is 0 Å². The highest BCUT2D eigenvalue weighted by molar-refractivity contribution is 9.10. The minimum atomic E-state index is 0.450. The molecule has 1 unspecified atom stereocenters. The van der Waals surface area contributed by atoms with Gasteiger partial charge in [0.05, 0.1) is 0 Å². The average Bonchev–Trinajstić information content (AvgIpc) is 2.49. The molecule has 0 aliphatic carbocycles. The van der Waals surface area contributed by atoms with Crippen LogP contribution in [0.2, 0.25) is 0 Å². The SMILES string of the molecule is CCNC(C)/C=C/c1cc(Br)cs1. The molecule has 0 aliphatic rings. The summed E-state index contributed by atoms with van der Waals surface area (Å²) in [5, 5.41) is 5.42. The Bertz CT molecular complexity index is 280. The van der Waals surface area contributed by atoms with Crippen molar-refractivity contribution in [1.29, 1.82) is 0 Å². The van der Waals surface area contributed by atoms with Gasteiger partial charge in [-0.1, -0.05) is 13.0 Å². The lowest BCUT2D eigenvalue weighted by molar-refractivity contribution is 0.663. The van der Waals surface area contributed by atoms with Crippen LogP contribution in [0.15, 0.2) is 22.0 Å². The second-order valence-corrected chi connectivity index (χ2v) is 4.73. The van der Waals surface area contributed by atoms with Crippen LogP contribution in [0.4, 0.5) is 0 Å². The Morgan fingerprint density at radius 3 is 3.00 bits per heavy atom. The van der Waals surface area contributed by atoms with E-state index >= 15 is 0 Å². The fourth-order valence-corrected chi connectivity index (χ4v) is 2.39. The summed E-state index contributed by atoms with van der Waals surface area (Å²) < 4.78 is 1.16. The minimum Gasteiger partial charge on any atom is -0.311 e. The zero-order valence-electron chi connectivity index (χ0n) is 7.88. The summed E-state index contributed by atoms with van der Waals surface area (Å²) in [4.78, 5) is 1.29. The lowest BCUT2D eigenvalue weighted by Gasteiger charge is -2.04. The molecule has 0 amide bonds. The fraction of sp³-hybridized carbons (Fsp3) is 0.400. The van der Waals surface area contributed by atoms with Crippen molar-refractivity contribution < 1.29 is 0 Å². The molecule has 0 saturated heterocycles. The van der Waals surface area contributed by atoms with Gasteiger partial charge in [-0.05, 0) is 41.5 Å². The first kappa shape index (κ1) is 11.0. The van der Waals surface area contributed by atoms with Crippen LogP contribution in [0.1, 0.15) is 18.7 Å². The van der Waals surface area contributed by atoms with Gasteiger partial charge in [-0.25, -0.2) is 0 Å². The number of thiophene rings is 1. The summed E-state index contributed by atoms with van der Waals surface area (Å²) in [6, 6.07) is 2.57. The topological polar surface area (TPSA) is 12.0 Å². The van der Waals surface area contributed by atoms with Crippen molar-refractivity contribution in [2.24, 2.45) is 0 Å². The zero-order valence-corrected chi connectivity index (χ0v) is 10.3. The average molecular weight is 260 g/mol. The summed E-state index contributed by atoms with van der Waals surface area (Å²) in [5.41, 5.74) is 0. The van der Waals surface area contributed by atoms with Crippen LogP contribution in [0.3, 0.4) is 0 Å². The second kappa shape index (κ2) is 5.58. The third-order valence-electron chi connectivity index (χ3n) is 1.66. The van der Waals surface area contributed by atoms with Crippen molar-refractivity contribution in [3.63, 3.8) is 0 Å². The number of nitrogens with one attached hydrogen (secondary N) is 1. The van der Waals surface area contributed by atoms with Crippen molar-refractivity contribution >= 4 is 33.3 Å². The van der Waals surface area contributed by atoms with Crippen molar-refractivity contribution in [3.8, 4) is 0 Å². The summed E-state index contributed by atoms with van der Waals surface area (Å²) >= 11 is 5.18. The normalized spacial score (nSPS) is 13.8. The molecule has 1 rings (SSSR count). The molecule has 0 radical (unpaired) electrons. The molecule has 3 heteroatoms. The van der Waals surface area contributed by atoms with Crippen LogP contribution in [-0.4, -0.2) is 12.6 Å². The molecule has 72 valence electrons. The van der Waals surface area contributed by atoms with E-state index in [2.05, 4.69) is 58.7 Å². The van der Waals surface area contributed by atoms with Gasteiger partial charge in [0.2, 0.25) is 0 Å². The Hall–Kier alpha value is -0.120. The molecule has 0 spiro atoms. The first-order valence-corrected chi connectivity index (χ1v) is 6.05. The van der Waals surface area contributed by atoms with Crippen LogP contribution >= 0.6 is 27.3 Å². The van der Waals surface area contributed by atoms with E-state index in [4.69, 9.17) is 0 Å². The largest absolute Gasteiger partial charge is 0.311 e. The van der Waals surface area contributed by atoms with Gasteiger partial charge in [0, 0.05) is 20.8 Å². The number of rotatable bonds is 4. The van der Waals surface area contributed by atoms with Crippen molar-refractivity contribution in [1.82, 2.24) is 5.32 Å². The van der Waals surface area contributed by atoms with Gasteiger partial charge in [-0.3, -0.25) is 0 Å². The predicted octanol–water partition coefficient (Wildman–Crippen LogP) is 3.52. The molecule has 1 nitrogen and oxygen atoms in total. The molecule has 1 heterocycles. The van der Waals surface area contributed by atoms with Crippen LogP contribution < -0.4 is 5.32 Å². The maximum absolute atomic E-state index is 3.43. The Morgan fingerprint density at radius 1 is 1.69 bits per heavy atom. The molecule has 0 bridgehead atoms. The van der Waals surface area contributed by atoms with Gasteiger partial charge in [0.1, 0.15) is 0 Å². The summed E-state index contributed by atoms with van der Waals surface area (Å²) in [7, 11) is 0. The number of halogens is 1. The standard InChI is InChI=1S/C10H14BrNS/c1-3-12-8(2)4-5-10-6-9(11)7-13-10/h4-8,12H,3H2,1-2H3/b5-4+. The third-order valence-corrected chi connectivity index (χ3v) is 3.32. The second-order valence-electron chi connectivity index (χ2n) is 2.87. The number of hydrogen-bond acceptors (Lipinski definition) is 2. The molecule has 1 aromatic rings. The molecule has 1 N–H and O–H groups in total. The van der Waals surface area contributed by atoms with Crippen molar-refractivity contribution in [2.75, 3.05) is 6.54 Å². The van der Waals surface area contributed by atoms with Gasteiger partial charge in [0.25, 0.3) is 0 Å². The summed E-state index contributed by atoms with van der Waals surface area (Å²) in [6.45, 7) is 5.29. The summed E-state index contributed by atoms with van der Waals surface area (Å²) in [5.74, 6) is 0. The maximum Gasteiger partial charge on any atom is 0.0288 e. The molecule has 0 aliphatic heterocycles. The van der Waals surface area contributed by atoms with Crippen molar-refractivity contribution in [3.05, 3.63) is 26.9 Å². The van der Waals surface area contributed by atoms with Crippen molar-refractivity contribution in [2.45, 2.75) is 19.9 Å². The monoisotopic (exact) mass is 259 g/mol. The van der Waals surface area contributed by atoms with Gasteiger partial charge in [-0.2, -0.15) is 0 Å². The Kier molecular flexibility index (Phi) is 4.70. The first-order valence-electron chi connectivity index (χ1n) is 4.38. The van der Waals surface area contributed by atoms with E-state index in [1.807, 2.05) is 0 Å². The van der Waals surface area contributed by atoms with Gasteiger partial charge in [0.15, 0.2) is 0 Å². The lowest BCUT2D eigenvalue weighted by Crippen LogP contribution is -2.22. The van der Waals surface area contributed by atoms with Gasteiger partial charge < -0.3 is 5.32 Å². The van der Waals surface area contributed by atoms with E-state index in [1.165, 1.54) is 4.88 Å². The minimum absolute atomic E-state index is 0.450. The fourth-order valence-electron chi connectivity index (χ4n) is 1.04. The molecule has 0 aromatic carbocycles. The van der Waals surface area contributed by atoms with E-state index < -0.39 is 0 Å². The lowest BCUT2D eigenvalue weighted by atomic mass is 10.3. The highest BCUT2D eigenvalue weighted by Crippen LogP contribution is 2.20. The van der Waals surface area contributed by atoms with Crippen LogP contribution in [0, 0.1) is 0 Å². The number of likely N-dealkylation sites (N-methyl/N-ethyl adjacent to an activating group) is 1. The smallest absolute Gasteiger partial charge is 0.0288 e. The van der Waals surface area contributed by atoms with E-state index in [1.54, 1.807) is 11.3 Å². The van der Waals surface area contributed by atoms with E-state index in [-0.39, 0.29) is 0 Å². The van der Waals surface area contributed by atoms with Gasteiger partial charge in [-0.15, -0.1) is 11.3 Å². The Labute approximate surface area is 92.0 Å². The molecule has 0 saturated carbocycles. The zero-order chi connectivity index (χ0) is 9.68. The Balaban J connectivity index is 2.48. The highest BCUT2D eigenvalue weighted by Gasteiger charge is 1.94. The third kappa shape index (κ3) is 4.07. The van der Waals surface area contributed by atoms with Gasteiger partial charge >= 0.3 is 0 Å². The quantitative estimate of drug-likeness (QED) is 0.873. The molecular weight excluding hydrogens is 246 g/mol. The predicted molar refractivity (Wildman–Crippen MR) is 64.2 cm³/mol. The first-order chi connectivity index (χ1) is 6.22. The van der Waals surface area contributed by atoms with E-state index in [0.29, 0.717) is 6.04 Å². The number of hydrogen-bond donors (Lipinski definition) is 1. The van der Waals surface area contributed by atoms with E-state index in [0.717, 1.165) is 11.0 Å². The molecule has 13 heavy (non-hydrogen) atoms. The molecular formula is C10H14BrNS. The molecule has 1 atom stereocenters. The molecule has 1 aromatic heterocycles. The summed E-state index contributed by atoms with van der Waals surface area (Å²) in [6.07, 6.45) is 4.34. The van der Waals surface area contributed by atoms with Crippen LogP contribution in [0.25, 0.3) is 6.08 Å². The maximum atomic E-state index is 3.43. The van der Waals surface area contributed by atoms with Crippen LogP contribution in [-0.2, 0) is 0 Å².